The van der Waals surface area contributed by atoms with E-state index in [0.717, 1.165) is 6.42 Å². The Morgan fingerprint density at radius 2 is 2.00 bits per heavy atom. The van der Waals surface area contributed by atoms with Crippen molar-refractivity contribution < 1.29 is 18.3 Å². The summed E-state index contributed by atoms with van der Waals surface area (Å²) in [5.41, 5.74) is 0. The summed E-state index contributed by atoms with van der Waals surface area (Å²) in [6.45, 7) is 0.908. The van der Waals surface area contributed by atoms with Crippen molar-refractivity contribution in [2.75, 3.05) is 18.8 Å². The van der Waals surface area contributed by atoms with Gasteiger partial charge in [0.15, 0.2) is 9.84 Å². The first-order valence-electron chi connectivity index (χ1n) is 6.73. The van der Waals surface area contributed by atoms with Crippen LogP contribution in [0.15, 0.2) is 35.2 Å². The van der Waals surface area contributed by atoms with Crippen molar-refractivity contribution in [2.45, 2.75) is 30.3 Å². The van der Waals surface area contributed by atoms with Gasteiger partial charge in [-0.15, -0.1) is 0 Å². The lowest BCUT2D eigenvalue weighted by atomic mass is 10.1. The minimum Gasteiger partial charge on any atom is -0.391 e. The number of hydrogen-bond acceptors (Lipinski definition) is 4. The monoisotopic (exact) mass is 297 g/mol. The molecule has 0 radical (unpaired) electrons. The number of sulfone groups is 1. The van der Waals surface area contributed by atoms with Crippen LogP contribution in [0.4, 0.5) is 0 Å². The maximum Gasteiger partial charge on any atom is 0.223 e. The third-order valence-corrected chi connectivity index (χ3v) is 5.17. The molecule has 0 spiro atoms. The number of rotatable bonds is 4. The third kappa shape index (κ3) is 3.80. The van der Waals surface area contributed by atoms with Gasteiger partial charge in [-0.3, -0.25) is 4.79 Å². The maximum absolute atomic E-state index is 12.1. The van der Waals surface area contributed by atoms with Crippen LogP contribution in [-0.4, -0.2) is 49.3 Å². The van der Waals surface area contributed by atoms with Crippen LogP contribution < -0.4 is 0 Å². The molecule has 0 aromatic heterocycles. The summed E-state index contributed by atoms with van der Waals surface area (Å²) in [6, 6.07) is 8.14. The van der Waals surface area contributed by atoms with Crippen molar-refractivity contribution in [3.8, 4) is 0 Å². The summed E-state index contributed by atoms with van der Waals surface area (Å²) in [5.74, 6) is -0.397. The Bertz CT molecular complexity index is 556. The van der Waals surface area contributed by atoms with Gasteiger partial charge in [0.1, 0.15) is 0 Å². The zero-order valence-electron chi connectivity index (χ0n) is 11.2. The molecule has 6 heteroatoms. The highest BCUT2D eigenvalue weighted by atomic mass is 32.2. The lowest BCUT2D eigenvalue weighted by Gasteiger charge is -2.30. The molecule has 0 unspecified atom stereocenters. The first-order chi connectivity index (χ1) is 9.49. The van der Waals surface area contributed by atoms with E-state index in [9.17, 15) is 18.3 Å². The quantitative estimate of drug-likeness (QED) is 0.893. The molecular formula is C14H19NO4S. The van der Waals surface area contributed by atoms with E-state index in [1.165, 1.54) is 12.1 Å². The Hall–Kier alpha value is -1.40. The van der Waals surface area contributed by atoms with E-state index in [2.05, 4.69) is 0 Å². The van der Waals surface area contributed by atoms with Gasteiger partial charge in [0, 0.05) is 19.5 Å². The highest BCUT2D eigenvalue weighted by molar-refractivity contribution is 7.91. The summed E-state index contributed by atoms with van der Waals surface area (Å²) in [6.07, 6.45) is 0.937. The molecule has 1 aliphatic rings. The molecule has 0 saturated carbocycles. The molecule has 2 rings (SSSR count). The van der Waals surface area contributed by atoms with Crippen LogP contribution in [0.25, 0.3) is 0 Å². The molecule has 1 heterocycles. The number of β-amino-alcohol motifs (C(OH)–C–C–N with tert-alkyl or cyclic N) is 1. The Balaban J connectivity index is 1.93. The van der Waals surface area contributed by atoms with Crippen molar-refractivity contribution in [3.05, 3.63) is 30.3 Å². The topological polar surface area (TPSA) is 74.7 Å². The van der Waals surface area contributed by atoms with E-state index in [4.69, 9.17) is 0 Å². The molecular weight excluding hydrogens is 278 g/mol. The van der Waals surface area contributed by atoms with Gasteiger partial charge in [0.25, 0.3) is 0 Å². The second kappa shape index (κ2) is 6.37. The summed E-state index contributed by atoms with van der Waals surface area (Å²) >= 11 is 0. The molecule has 1 aromatic rings. The number of amides is 1. The Morgan fingerprint density at radius 1 is 1.30 bits per heavy atom. The van der Waals surface area contributed by atoms with E-state index < -0.39 is 15.9 Å². The molecule has 110 valence electrons. The number of carbonyl (C=O) groups excluding carboxylic acids is 1. The molecule has 1 aliphatic heterocycles. The average Bonchev–Trinajstić information content (AvgIpc) is 2.46. The van der Waals surface area contributed by atoms with Gasteiger partial charge in [-0.1, -0.05) is 18.2 Å². The third-order valence-electron chi connectivity index (χ3n) is 3.44. The largest absolute Gasteiger partial charge is 0.391 e. The molecule has 1 N–H and O–H groups in total. The molecule has 1 aromatic carbocycles. The van der Waals surface area contributed by atoms with Crippen LogP contribution >= 0.6 is 0 Å². The number of aliphatic hydroxyl groups excluding tert-OH is 1. The van der Waals surface area contributed by atoms with E-state index >= 15 is 0 Å². The van der Waals surface area contributed by atoms with E-state index in [-0.39, 0.29) is 23.0 Å². The van der Waals surface area contributed by atoms with E-state index in [0.29, 0.717) is 19.5 Å². The smallest absolute Gasteiger partial charge is 0.223 e. The standard InChI is InChI=1S/C14H19NO4S/c16-12-5-4-9-15(11-12)14(17)8-10-20(18,19)13-6-2-1-3-7-13/h1-3,6-7,12,16H,4-5,8-11H2/t12-/m0/s1. The zero-order chi connectivity index (χ0) is 14.6. The van der Waals surface area contributed by atoms with Crippen LogP contribution in [0.5, 0.6) is 0 Å². The second-order valence-electron chi connectivity index (χ2n) is 5.02. The van der Waals surface area contributed by atoms with Crippen LogP contribution in [0.3, 0.4) is 0 Å². The first-order valence-corrected chi connectivity index (χ1v) is 8.38. The summed E-state index contributed by atoms with van der Waals surface area (Å²) in [4.78, 5) is 13.8. The van der Waals surface area contributed by atoms with Crippen molar-refractivity contribution in [1.82, 2.24) is 4.90 Å². The highest BCUT2D eigenvalue weighted by Crippen LogP contribution is 2.14. The van der Waals surface area contributed by atoms with Crippen molar-refractivity contribution >= 4 is 15.7 Å². The predicted molar refractivity (Wildman–Crippen MR) is 74.9 cm³/mol. The normalized spacial score (nSPS) is 19.9. The molecule has 1 fully saturated rings. The fourth-order valence-corrected chi connectivity index (χ4v) is 3.56. The number of carbonyl (C=O) groups is 1. The van der Waals surface area contributed by atoms with Gasteiger partial charge >= 0.3 is 0 Å². The van der Waals surface area contributed by atoms with Gasteiger partial charge in [-0.2, -0.15) is 0 Å². The molecule has 1 amide bonds. The van der Waals surface area contributed by atoms with Crippen LogP contribution in [0.1, 0.15) is 19.3 Å². The number of piperidine rings is 1. The minimum atomic E-state index is -3.42. The van der Waals surface area contributed by atoms with Gasteiger partial charge in [0.05, 0.1) is 16.8 Å². The van der Waals surface area contributed by atoms with Crippen molar-refractivity contribution in [1.29, 1.82) is 0 Å². The molecule has 1 atom stereocenters. The molecule has 0 aliphatic carbocycles. The second-order valence-corrected chi connectivity index (χ2v) is 7.13. The number of likely N-dealkylation sites (tertiary alicyclic amines) is 1. The van der Waals surface area contributed by atoms with Gasteiger partial charge in [0.2, 0.25) is 5.91 Å². The van der Waals surface area contributed by atoms with Gasteiger partial charge in [-0.05, 0) is 25.0 Å². The zero-order valence-corrected chi connectivity index (χ0v) is 12.1. The highest BCUT2D eigenvalue weighted by Gasteiger charge is 2.24. The number of hydrogen-bond donors (Lipinski definition) is 1. The Morgan fingerprint density at radius 3 is 2.65 bits per heavy atom. The first kappa shape index (κ1) is 15.0. The SMILES string of the molecule is O=C(CCS(=O)(=O)c1ccccc1)N1CCC[C@H](O)C1. The van der Waals surface area contributed by atoms with Crippen LogP contribution in [0.2, 0.25) is 0 Å². The van der Waals surface area contributed by atoms with E-state index in [1.54, 1.807) is 23.1 Å². The van der Waals surface area contributed by atoms with Crippen LogP contribution in [0, 0.1) is 0 Å². The number of benzene rings is 1. The maximum atomic E-state index is 12.1. The fourth-order valence-electron chi connectivity index (χ4n) is 2.31. The number of aliphatic hydroxyl groups is 1. The molecule has 20 heavy (non-hydrogen) atoms. The van der Waals surface area contributed by atoms with Gasteiger partial charge < -0.3 is 10.0 Å². The summed E-state index contributed by atoms with van der Waals surface area (Å²) < 4.78 is 24.1. The van der Waals surface area contributed by atoms with Gasteiger partial charge in [-0.25, -0.2) is 8.42 Å². The van der Waals surface area contributed by atoms with Crippen molar-refractivity contribution in [3.63, 3.8) is 0 Å². The summed E-state index contributed by atoms with van der Waals surface area (Å²) in [5, 5.41) is 9.52. The molecule has 1 saturated heterocycles. The average molecular weight is 297 g/mol. The predicted octanol–water partition coefficient (Wildman–Crippen LogP) is 0.834. The van der Waals surface area contributed by atoms with E-state index in [1.807, 2.05) is 0 Å². The Kier molecular flexibility index (Phi) is 4.77. The lowest BCUT2D eigenvalue weighted by Crippen LogP contribution is -2.42. The fraction of sp³-hybridized carbons (Fsp3) is 0.500. The Labute approximate surface area is 119 Å². The summed E-state index contributed by atoms with van der Waals surface area (Å²) in [7, 11) is -3.42. The molecule has 5 nitrogen and oxygen atoms in total. The molecule has 0 bridgehead atoms. The number of nitrogens with zero attached hydrogens (tertiary/aromatic N) is 1. The van der Waals surface area contributed by atoms with Crippen LogP contribution in [-0.2, 0) is 14.6 Å². The van der Waals surface area contributed by atoms with Crippen molar-refractivity contribution in [2.24, 2.45) is 0 Å². The lowest BCUT2D eigenvalue weighted by molar-refractivity contribution is -0.133. The minimum absolute atomic E-state index is 0.0378.